The van der Waals surface area contributed by atoms with Crippen molar-refractivity contribution in [1.82, 2.24) is 5.48 Å². The highest BCUT2D eigenvalue weighted by atomic mass is 16.6. The predicted molar refractivity (Wildman–Crippen MR) is 82.2 cm³/mol. The number of hydroxylamine groups is 1. The number of carbonyl (C=O) groups is 2. The molecule has 0 atom stereocenters. The Morgan fingerprint density at radius 1 is 1.24 bits per heavy atom. The minimum absolute atomic E-state index is 0.534. The summed E-state index contributed by atoms with van der Waals surface area (Å²) in [7, 11) is 0. The zero-order valence-electron chi connectivity index (χ0n) is 12.8. The Kier molecular flexibility index (Phi) is 10.6. The number of nitrogens with one attached hydrogen (secondary N) is 2. The first-order valence-corrected chi connectivity index (χ1v) is 6.88. The summed E-state index contributed by atoms with van der Waals surface area (Å²) in [5.41, 5.74) is 4.86. The Labute approximate surface area is 125 Å². The Bertz CT molecular complexity index is 415. The number of aryl methyl sites for hydroxylation is 2. The Morgan fingerprint density at radius 2 is 1.86 bits per heavy atom. The smallest absolute Gasteiger partial charge is 0.409 e. The summed E-state index contributed by atoms with van der Waals surface area (Å²) in [5.74, 6) is 0. The van der Waals surface area contributed by atoms with E-state index < -0.39 is 6.09 Å². The molecule has 0 radical (unpaired) electrons. The first-order chi connectivity index (χ1) is 9.99. The number of hydrogen-bond donors (Lipinski definition) is 3. The van der Waals surface area contributed by atoms with Crippen LogP contribution in [0.1, 0.15) is 37.3 Å². The summed E-state index contributed by atoms with van der Waals surface area (Å²) in [6.07, 6.45) is 2.84. The zero-order chi connectivity index (χ0) is 16.1. The van der Waals surface area contributed by atoms with E-state index in [1.807, 2.05) is 19.9 Å². The van der Waals surface area contributed by atoms with Gasteiger partial charge < -0.3 is 5.11 Å². The molecule has 1 rings (SSSR count). The van der Waals surface area contributed by atoms with Crippen LogP contribution in [0.5, 0.6) is 0 Å². The second-order valence-electron chi connectivity index (χ2n) is 4.60. The van der Waals surface area contributed by atoms with Gasteiger partial charge in [0.05, 0.1) is 6.61 Å². The molecule has 0 saturated heterocycles. The quantitative estimate of drug-likeness (QED) is 0.409. The van der Waals surface area contributed by atoms with E-state index in [1.165, 1.54) is 6.42 Å². The third kappa shape index (κ3) is 11.4. The molecular weight excluding hydrogens is 272 g/mol. The third-order valence-corrected chi connectivity index (χ3v) is 2.45. The van der Waals surface area contributed by atoms with Crippen LogP contribution in [0, 0.1) is 13.8 Å². The van der Waals surface area contributed by atoms with Crippen LogP contribution in [0.2, 0.25) is 0 Å². The second kappa shape index (κ2) is 11.7. The van der Waals surface area contributed by atoms with Gasteiger partial charge in [-0.15, -0.1) is 0 Å². The fourth-order valence-electron chi connectivity index (χ4n) is 1.69. The number of carboxylic acid groups (broad SMARTS) is 1. The molecule has 0 bridgehead atoms. The fourth-order valence-corrected chi connectivity index (χ4v) is 1.69. The second-order valence-corrected chi connectivity index (χ2v) is 4.60. The average molecular weight is 296 g/mol. The van der Waals surface area contributed by atoms with Crippen molar-refractivity contribution in [1.29, 1.82) is 0 Å². The van der Waals surface area contributed by atoms with Gasteiger partial charge in [0, 0.05) is 5.69 Å². The van der Waals surface area contributed by atoms with Crippen LogP contribution in [0.15, 0.2) is 18.2 Å². The molecule has 0 aromatic heterocycles. The predicted octanol–water partition coefficient (Wildman–Crippen LogP) is 3.25. The molecule has 118 valence electrons. The molecule has 1 aromatic carbocycles. The maximum atomic E-state index is 10.3. The molecule has 0 saturated carbocycles. The molecule has 0 aliphatic heterocycles. The molecule has 0 aliphatic carbocycles. The van der Waals surface area contributed by atoms with Gasteiger partial charge in [0.2, 0.25) is 6.41 Å². The van der Waals surface area contributed by atoms with Gasteiger partial charge >= 0.3 is 6.09 Å². The van der Waals surface area contributed by atoms with Crippen molar-refractivity contribution in [3.05, 3.63) is 29.3 Å². The molecule has 6 heteroatoms. The largest absolute Gasteiger partial charge is 0.465 e. The number of benzene rings is 1. The first-order valence-electron chi connectivity index (χ1n) is 6.88. The number of hydrogen-bond acceptors (Lipinski definition) is 3. The van der Waals surface area contributed by atoms with Gasteiger partial charge in [0.1, 0.15) is 0 Å². The number of unbranched alkanes of at least 4 members (excludes halogenated alkanes) is 2. The first kappa shape index (κ1) is 18.9. The van der Waals surface area contributed by atoms with Crippen LogP contribution in [-0.4, -0.2) is 24.2 Å². The van der Waals surface area contributed by atoms with Crippen LogP contribution < -0.4 is 10.8 Å². The molecule has 0 unspecified atom stereocenters. The molecule has 0 heterocycles. The molecule has 1 aromatic rings. The molecule has 21 heavy (non-hydrogen) atoms. The standard InChI is InChI=1S/C9H11NO2.C6H13NO2/c1-6-3-7(2)5-8(4-6)10-9(11)12;1-2-3-4-5-9-7-6-8/h3-5,10H,1-2H3,(H,11,12);6H,2-5H2,1H3,(H,7,8). The Hall–Kier alpha value is -2.08. The van der Waals surface area contributed by atoms with Gasteiger partial charge in [-0.2, -0.15) is 0 Å². The highest BCUT2D eigenvalue weighted by Gasteiger charge is 1.98. The zero-order valence-corrected chi connectivity index (χ0v) is 12.8. The highest BCUT2D eigenvalue weighted by molar-refractivity contribution is 5.83. The SMILES string of the molecule is CCCCCONC=O.Cc1cc(C)cc(NC(=O)O)c1. The summed E-state index contributed by atoms with van der Waals surface area (Å²) in [6, 6.07) is 5.58. The van der Waals surface area contributed by atoms with Gasteiger partial charge in [-0.05, 0) is 43.5 Å². The van der Waals surface area contributed by atoms with Crippen LogP contribution in [0.25, 0.3) is 0 Å². The van der Waals surface area contributed by atoms with E-state index in [4.69, 9.17) is 5.11 Å². The van der Waals surface area contributed by atoms with E-state index in [9.17, 15) is 9.59 Å². The van der Waals surface area contributed by atoms with Crippen molar-refractivity contribution in [2.45, 2.75) is 40.0 Å². The summed E-state index contributed by atoms with van der Waals surface area (Å²) >= 11 is 0. The molecule has 0 fully saturated rings. The molecule has 0 spiro atoms. The van der Waals surface area contributed by atoms with Crippen molar-refractivity contribution in [2.24, 2.45) is 0 Å². The van der Waals surface area contributed by atoms with E-state index in [-0.39, 0.29) is 0 Å². The summed E-state index contributed by atoms with van der Waals surface area (Å²) < 4.78 is 0. The fraction of sp³-hybridized carbons (Fsp3) is 0.467. The van der Waals surface area contributed by atoms with Crippen molar-refractivity contribution >= 4 is 18.2 Å². The maximum absolute atomic E-state index is 10.3. The van der Waals surface area contributed by atoms with Crippen LogP contribution >= 0.6 is 0 Å². The topological polar surface area (TPSA) is 87.7 Å². The van der Waals surface area contributed by atoms with Crippen LogP contribution in [0.3, 0.4) is 0 Å². The monoisotopic (exact) mass is 296 g/mol. The van der Waals surface area contributed by atoms with Crippen LogP contribution in [0.4, 0.5) is 10.5 Å². The van der Waals surface area contributed by atoms with Gasteiger partial charge in [-0.25, -0.2) is 10.3 Å². The van der Waals surface area contributed by atoms with Crippen molar-refractivity contribution in [3.8, 4) is 0 Å². The minimum atomic E-state index is -1.03. The third-order valence-electron chi connectivity index (χ3n) is 2.45. The van der Waals surface area contributed by atoms with E-state index in [0.29, 0.717) is 18.7 Å². The number of carbonyl (C=O) groups excluding carboxylic acids is 1. The number of amides is 2. The summed E-state index contributed by atoms with van der Waals surface area (Å²) in [5, 5.41) is 10.7. The number of anilines is 1. The van der Waals surface area contributed by atoms with E-state index >= 15 is 0 Å². The number of rotatable bonds is 7. The summed E-state index contributed by atoms with van der Waals surface area (Å²) in [6.45, 7) is 6.60. The van der Waals surface area contributed by atoms with Gasteiger partial charge in [-0.3, -0.25) is 14.9 Å². The van der Waals surface area contributed by atoms with Gasteiger partial charge in [0.15, 0.2) is 0 Å². The van der Waals surface area contributed by atoms with Crippen molar-refractivity contribution in [2.75, 3.05) is 11.9 Å². The normalized spacial score (nSPS) is 9.29. The lowest BCUT2D eigenvalue weighted by Crippen LogP contribution is -2.12. The molecule has 0 aliphatic rings. The van der Waals surface area contributed by atoms with Crippen LogP contribution in [-0.2, 0) is 9.63 Å². The molecule has 6 nitrogen and oxygen atoms in total. The summed E-state index contributed by atoms with van der Waals surface area (Å²) in [4.78, 5) is 24.5. The average Bonchev–Trinajstić information content (AvgIpc) is 2.37. The Morgan fingerprint density at radius 3 is 2.33 bits per heavy atom. The molecular formula is C15H24N2O4. The molecule has 3 N–H and O–H groups in total. The lowest BCUT2D eigenvalue weighted by Gasteiger charge is -2.03. The van der Waals surface area contributed by atoms with Gasteiger partial charge in [-0.1, -0.05) is 25.8 Å². The minimum Gasteiger partial charge on any atom is -0.465 e. The molecule has 2 amide bonds. The van der Waals surface area contributed by atoms with Gasteiger partial charge in [0.25, 0.3) is 0 Å². The van der Waals surface area contributed by atoms with Crippen molar-refractivity contribution < 1.29 is 19.5 Å². The maximum Gasteiger partial charge on any atom is 0.409 e. The highest BCUT2D eigenvalue weighted by Crippen LogP contribution is 2.13. The van der Waals surface area contributed by atoms with E-state index in [0.717, 1.165) is 24.0 Å². The van der Waals surface area contributed by atoms with E-state index in [1.54, 1.807) is 12.1 Å². The Balaban J connectivity index is 0.000000400. The van der Waals surface area contributed by atoms with Crippen molar-refractivity contribution in [3.63, 3.8) is 0 Å². The van der Waals surface area contributed by atoms with E-state index in [2.05, 4.69) is 22.6 Å². The lowest BCUT2D eigenvalue weighted by molar-refractivity contribution is -0.120. The lowest BCUT2D eigenvalue weighted by atomic mass is 10.1.